The van der Waals surface area contributed by atoms with Gasteiger partial charge in [-0.2, -0.15) is 10.1 Å². The van der Waals surface area contributed by atoms with E-state index in [1.807, 2.05) is 10.3 Å². The monoisotopic (exact) mass is 386 g/mol. The minimum Gasteiger partial charge on any atom is -0.378 e. The highest BCUT2D eigenvalue weighted by Crippen LogP contribution is 2.25. The van der Waals surface area contributed by atoms with Crippen LogP contribution in [0.15, 0.2) is 20.7 Å². The Morgan fingerprint density at radius 1 is 1.52 bits per heavy atom. The number of halogens is 1. The summed E-state index contributed by atoms with van der Waals surface area (Å²) in [5.74, 6) is 5.80. The maximum Gasteiger partial charge on any atom is 0.247 e. The van der Waals surface area contributed by atoms with E-state index >= 15 is 0 Å². The van der Waals surface area contributed by atoms with Crippen LogP contribution >= 0.6 is 15.9 Å². The van der Waals surface area contributed by atoms with Crippen molar-refractivity contribution in [1.29, 1.82) is 0 Å². The summed E-state index contributed by atoms with van der Waals surface area (Å²) < 4.78 is 7.65. The largest absolute Gasteiger partial charge is 0.378 e. The molecule has 0 aliphatic carbocycles. The Hall–Kier alpha value is -1.82. The van der Waals surface area contributed by atoms with E-state index in [1.165, 1.54) is 0 Å². The molecule has 0 saturated carbocycles. The number of morpholine rings is 1. The lowest BCUT2D eigenvalue weighted by atomic mass is 10.4. The molecule has 4 N–H and O–H groups in total. The summed E-state index contributed by atoms with van der Waals surface area (Å²) in [5, 5.41) is 7.12. The Kier molecular flexibility index (Phi) is 6.65. The second-order valence-corrected chi connectivity index (χ2v) is 5.49. The minimum absolute atomic E-state index is 0.0766. The van der Waals surface area contributed by atoms with Crippen LogP contribution in [-0.2, 0) is 16.2 Å². The summed E-state index contributed by atoms with van der Waals surface area (Å²) in [6.07, 6.45) is 1.63. The first kappa shape index (κ1) is 17.5. The maximum absolute atomic E-state index is 11.1. The summed E-state index contributed by atoms with van der Waals surface area (Å²) >= 11 is 3.41. The number of carbonyl (C=O) groups is 1. The van der Waals surface area contributed by atoms with Gasteiger partial charge >= 0.3 is 0 Å². The van der Waals surface area contributed by atoms with Gasteiger partial charge in [-0.15, -0.1) is 0 Å². The van der Waals surface area contributed by atoms with Crippen molar-refractivity contribution in [3.05, 3.63) is 10.7 Å². The van der Waals surface area contributed by atoms with Crippen LogP contribution in [-0.4, -0.2) is 66.1 Å². The molecule has 1 aliphatic heterocycles. The highest BCUT2D eigenvalue weighted by Gasteiger charge is 2.16. The van der Waals surface area contributed by atoms with Crippen molar-refractivity contribution >= 4 is 40.3 Å². The van der Waals surface area contributed by atoms with Crippen LogP contribution in [0.4, 0.5) is 5.82 Å². The first-order valence-corrected chi connectivity index (χ1v) is 7.74. The number of aliphatic imine (C=N–C) groups is 2. The molecular weight excluding hydrogens is 368 g/mol. The average molecular weight is 387 g/mol. The van der Waals surface area contributed by atoms with Crippen molar-refractivity contribution in [1.82, 2.24) is 25.4 Å². The van der Waals surface area contributed by atoms with Crippen molar-refractivity contribution in [3.8, 4) is 0 Å². The second kappa shape index (κ2) is 8.72. The molecule has 126 valence electrons. The number of rotatable bonds is 5. The number of amides is 1. The lowest BCUT2D eigenvalue weighted by molar-refractivity contribution is -0.120. The van der Waals surface area contributed by atoms with Crippen LogP contribution in [0.25, 0.3) is 0 Å². The number of hydrazine groups is 1. The fourth-order valence-electron chi connectivity index (χ4n) is 1.97. The Morgan fingerprint density at radius 3 is 2.91 bits per heavy atom. The van der Waals surface area contributed by atoms with E-state index in [0.29, 0.717) is 44.7 Å². The van der Waals surface area contributed by atoms with Crippen molar-refractivity contribution in [2.45, 2.75) is 6.67 Å². The number of hydrogen-bond acceptors (Lipinski definition) is 6. The number of carbonyl (C=O) groups excluding carboxylic acids is 1. The molecule has 0 bridgehead atoms. The number of hydrogen-bond donors (Lipinski definition) is 3. The Balaban J connectivity index is 2.10. The van der Waals surface area contributed by atoms with Crippen molar-refractivity contribution < 1.29 is 9.53 Å². The number of aromatic nitrogens is 2. The van der Waals surface area contributed by atoms with Gasteiger partial charge in [0.1, 0.15) is 0 Å². The molecular formula is C12H19BrN8O2. The predicted molar refractivity (Wildman–Crippen MR) is 89.3 cm³/mol. The van der Waals surface area contributed by atoms with E-state index in [-0.39, 0.29) is 12.5 Å². The highest BCUT2D eigenvalue weighted by molar-refractivity contribution is 9.10. The van der Waals surface area contributed by atoms with E-state index in [9.17, 15) is 4.79 Å². The topological polar surface area (TPSA) is 122 Å². The minimum atomic E-state index is -0.317. The van der Waals surface area contributed by atoms with Crippen LogP contribution in [0.1, 0.15) is 0 Å². The molecule has 1 aliphatic rings. The van der Waals surface area contributed by atoms with Gasteiger partial charge in [0.05, 0.1) is 37.1 Å². The summed E-state index contributed by atoms with van der Waals surface area (Å²) in [5.41, 5.74) is 2.05. The summed E-state index contributed by atoms with van der Waals surface area (Å²) in [6, 6.07) is 0. The summed E-state index contributed by atoms with van der Waals surface area (Å²) in [7, 11) is 0. The summed E-state index contributed by atoms with van der Waals surface area (Å²) in [6.45, 7) is 6.63. The molecule has 1 amide bonds. The van der Waals surface area contributed by atoms with Gasteiger partial charge in [0.25, 0.3) is 0 Å². The first-order chi connectivity index (χ1) is 11.2. The molecule has 0 spiro atoms. The lowest BCUT2D eigenvalue weighted by Gasteiger charge is -2.27. The van der Waals surface area contributed by atoms with E-state index in [0.717, 1.165) is 4.47 Å². The predicted octanol–water partition coefficient (Wildman–Crippen LogP) is -0.797. The molecule has 2 rings (SSSR count). The zero-order chi connectivity index (χ0) is 16.7. The molecule has 1 aromatic heterocycles. The molecule has 2 heterocycles. The number of ether oxygens (including phenoxy) is 1. The molecule has 0 aromatic carbocycles. The first-order valence-electron chi connectivity index (χ1n) is 6.95. The Bertz CT molecular complexity index is 582. The Labute approximate surface area is 141 Å². The van der Waals surface area contributed by atoms with Crippen molar-refractivity contribution in [2.24, 2.45) is 15.8 Å². The van der Waals surface area contributed by atoms with Gasteiger partial charge < -0.3 is 9.64 Å². The molecule has 0 radical (unpaired) electrons. The van der Waals surface area contributed by atoms with Gasteiger partial charge in [-0.25, -0.2) is 15.5 Å². The number of nitrogens with one attached hydrogen (secondary N) is 2. The van der Waals surface area contributed by atoms with Gasteiger partial charge in [-0.1, -0.05) is 0 Å². The molecule has 1 aromatic rings. The maximum atomic E-state index is 11.1. The summed E-state index contributed by atoms with van der Waals surface area (Å²) in [4.78, 5) is 21.6. The fourth-order valence-corrected chi connectivity index (χ4v) is 2.36. The van der Waals surface area contributed by atoms with Crippen LogP contribution in [0.3, 0.4) is 0 Å². The third-order valence-electron chi connectivity index (χ3n) is 3.12. The zero-order valence-corrected chi connectivity index (χ0v) is 14.1. The number of nitrogens with zero attached hydrogens (tertiary/aromatic N) is 5. The fraction of sp³-hybridized carbons (Fsp3) is 0.500. The normalized spacial score (nSPS) is 15.6. The number of guanidine groups is 1. The van der Waals surface area contributed by atoms with Gasteiger partial charge in [0, 0.05) is 13.1 Å². The van der Waals surface area contributed by atoms with Crippen molar-refractivity contribution in [3.63, 3.8) is 0 Å². The van der Waals surface area contributed by atoms with E-state index < -0.39 is 0 Å². The smallest absolute Gasteiger partial charge is 0.247 e. The van der Waals surface area contributed by atoms with Crippen LogP contribution < -0.4 is 16.6 Å². The molecule has 10 nitrogen and oxygen atoms in total. The Morgan fingerprint density at radius 2 is 2.26 bits per heavy atom. The van der Waals surface area contributed by atoms with Crippen LogP contribution in [0.2, 0.25) is 0 Å². The molecule has 1 saturated heterocycles. The standard InChI is InChI=1S/C12H19BrN8O2/c1-15-12(20-2-4-23-5-3-20)18-11-9(13)6-17-21(11)8-16-7-10(22)19-14/h6,16H,1-5,7-8,14H2,(H,19,22). The van der Waals surface area contributed by atoms with E-state index in [1.54, 1.807) is 10.9 Å². The average Bonchev–Trinajstić information content (AvgIpc) is 2.93. The number of nitrogens with two attached hydrogens (primary N) is 1. The van der Waals surface area contributed by atoms with E-state index in [2.05, 4.69) is 43.0 Å². The van der Waals surface area contributed by atoms with Crippen LogP contribution in [0.5, 0.6) is 0 Å². The van der Waals surface area contributed by atoms with Crippen LogP contribution in [0, 0.1) is 0 Å². The molecule has 0 unspecified atom stereocenters. The van der Waals surface area contributed by atoms with Gasteiger partial charge in [0.15, 0.2) is 5.82 Å². The lowest BCUT2D eigenvalue weighted by Crippen LogP contribution is -2.40. The molecule has 23 heavy (non-hydrogen) atoms. The third-order valence-corrected chi connectivity index (χ3v) is 3.68. The van der Waals surface area contributed by atoms with Gasteiger partial charge in [-0.3, -0.25) is 15.5 Å². The molecule has 0 atom stereocenters. The third kappa shape index (κ3) is 4.82. The second-order valence-electron chi connectivity index (χ2n) is 4.64. The van der Waals surface area contributed by atoms with E-state index in [4.69, 9.17) is 10.6 Å². The molecule has 1 fully saturated rings. The van der Waals surface area contributed by atoms with Gasteiger partial charge in [-0.05, 0) is 22.6 Å². The van der Waals surface area contributed by atoms with Gasteiger partial charge in [0.2, 0.25) is 11.9 Å². The zero-order valence-electron chi connectivity index (χ0n) is 12.5. The van der Waals surface area contributed by atoms with Crippen molar-refractivity contribution in [2.75, 3.05) is 32.8 Å². The quantitative estimate of drug-likeness (QED) is 0.200. The SMILES string of the molecule is C=NC(=Nc1c(Br)cnn1CNCC(=O)NN)N1CCOCC1. The highest BCUT2D eigenvalue weighted by atomic mass is 79.9. The molecule has 11 heteroatoms.